The van der Waals surface area contributed by atoms with Crippen molar-refractivity contribution in [1.82, 2.24) is 0 Å². The van der Waals surface area contributed by atoms with Gasteiger partial charge in [-0.1, -0.05) is 0 Å². The van der Waals surface area contributed by atoms with Gasteiger partial charge in [-0.25, -0.2) is 0 Å². The molecular weight excluding hydrogens is 288 g/mol. The maximum absolute atomic E-state index is 12.2. The van der Waals surface area contributed by atoms with Gasteiger partial charge in [0.15, 0.2) is 6.61 Å². The molecule has 21 heavy (non-hydrogen) atoms. The van der Waals surface area contributed by atoms with Gasteiger partial charge in [0, 0.05) is 15.4 Å². The summed E-state index contributed by atoms with van der Waals surface area (Å²) in [4.78, 5) is 24.9. The summed E-state index contributed by atoms with van der Waals surface area (Å²) in [5, 5.41) is 2.83. The third-order valence-electron chi connectivity index (χ3n) is 2.78. The number of carbonyl (C=O) groups excluding carboxylic acids is 2. The minimum absolute atomic E-state index is 0.136. The Morgan fingerprint density at radius 3 is 2.43 bits per heavy atom. The Labute approximate surface area is 126 Å². The van der Waals surface area contributed by atoms with E-state index in [0.717, 1.165) is 9.75 Å². The Kier molecular flexibility index (Phi) is 4.59. The molecule has 0 atom stereocenters. The van der Waals surface area contributed by atoms with Gasteiger partial charge < -0.3 is 15.8 Å². The third kappa shape index (κ3) is 4.06. The molecule has 3 N–H and O–H groups in total. The topological polar surface area (TPSA) is 81.4 Å². The van der Waals surface area contributed by atoms with Crippen molar-refractivity contribution >= 4 is 28.8 Å². The van der Waals surface area contributed by atoms with Crippen molar-refractivity contribution in [2.75, 3.05) is 11.9 Å². The lowest BCUT2D eigenvalue weighted by molar-refractivity contribution is -0.119. The van der Waals surface area contributed by atoms with Crippen LogP contribution in [0.5, 0.6) is 5.75 Å². The number of ether oxygens (including phenoxy) is 1. The minimum atomic E-state index is -0.532. The van der Waals surface area contributed by atoms with Gasteiger partial charge in [0.1, 0.15) is 5.75 Å². The highest BCUT2D eigenvalue weighted by Gasteiger charge is 2.12. The number of nitrogens with one attached hydrogen (secondary N) is 1. The van der Waals surface area contributed by atoms with E-state index >= 15 is 0 Å². The molecule has 2 rings (SSSR count). The predicted molar refractivity (Wildman–Crippen MR) is 82.9 cm³/mol. The number of amides is 2. The SMILES string of the molecule is Cc1cc(C(=O)Nc2ccc(OCC(N)=O)cc2)c(C)s1. The van der Waals surface area contributed by atoms with E-state index in [2.05, 4.69) is 5.32 Å². The number of hydrogen-bond donors (Lipinski definition) is 2. The zero-order valence-electron chi connectivity index (χ0n) is 11.8. The number of hydrogen-bond acceptors (Lipinski definition) is 4. The van der Waals surface area contributed by atoms with Gasteiger partial charge in [-0.05, 0) is 44.2 Å². The Bertz CT molecular complexity index is 662. The van der Waals surface area contributed by atoms with Crippen molar-refractivity contribution < 1.29 is 14.3 Å². The number of rotatable bonds is 5. The highest BCUT2D eigenvalue weighted by Crippen LogP contribution is 2.22. The van der Waals surface area contributed by atoms with Crippen molar-refractivity contribution in [2.45, 2.75) is 13.8 Å². The molecule has 2 aromatic rings. The van der Waals surface area contributed by atoms with Crippen LogP contribution in [0.1, 0.15) is 20.1 Å². The zero-order valence-corrected chi connectivity index (χ0v) is 12.6. The van der Waals surface area contributed by atoms with Gasteiger partial charge in [-0.15, -0.1) is 11.3 Å². The van der Waals surface area contributed by atoms with Crippen molar-refractivity contribution in [3.05, 3.63) is 45.6 Å². The fourth-order valence-electron chi connectivity index (χ4n) is 1.84. The monoisotopic (exact) mass is 304 g/mol. The zero-order chi connectivity index (χ0) is 15.4. The summed E-state index contributed by atoms with van der Waals surface area (Å²) in [7, 11) is 0. The molecule has 1 aromatic heterocycles. The molecule has 2 amide bonds. The van der Waals surface area contributed by atoms with Crippen LogP contribution in [0.15, 0.2) is 30.3 Å². The molecule has 0 saturated heterocycles. The number of benzene rings is 1. The minimum Gasteiger partial charge on any atom is -0.484 e. The van der Waals surface area contributed by atoms with Gasteiger partial charge in [-0.2, -0.15) is 0 Å². The number of thiophene rings is 1. The molecule has 1 aromatic carbocycles. The lowest BCUT2D eigenvalue weighted by atomic mass is 10.2. The maximum atomic E-state index is 12.2. The summed E-state index contributed by atoms with van der Waals surface area (Å²) in [6, 6.07) is 8.64. The van der Waals surface area contributed by atoms with Gasteiger partial charge in [0.2, 0.25) is 0 Å². The van der Waals surface area contributed by atoms with E-state index in [1.165, 1.54) is 0 Å². The summed E-state index contributed by atoms with van der Waals surface area (Å²) in [5.41, 5.74) is 6.35. The van der Waals surface area contributed by atoms with E-state index in [-0.39, 0.29) is 12.5 Å². The van der Waals surface area contributed by atoms with Crippen LogP contribution in [0.25, 0.3) is 0 Å². The molecule has 0 radical (unpaired) electrons. The van der Waals surface area contributed by atoms with Crippen molar-refractivity contribution in [2.24, 2.45) is 5.73 Å². The van der Waals surface area contributed by atoms with Crippen LogP contribution in [0.3, 0.4) is 0 Å². The molecule has 0 saturated carbocycles. The van der Waals surface area contributed by atoms with E-state index in [0.29, 0.717) is 17.0 Å². The predicted octanol–water partition coefficient (Wildman–Crippen LogP) is 2.48. The second-order valence-electron chi connectivity index (χ2n) is 4.56. The highest BCUT2D eigenvalue weighted by molar-refractivity contribution is 7.12. The van der Waals surface area contributed by atoms with Gasteiger partial charge in [-0.3, -0.25) is 9.59 Å². The molecule has 110 valence electrons. The molecule has 0 bridgehead atoms. The average molecular weight is 304 g/mol. The van der Waals surface area contributed by atoms with Gasteiger partial charge >= 0.3 is 0 Å². The third-order valence-corrected chi connectivity index (χ3v) is 3.74. The van der Waals surface area contributed by atoms with Crippen molar-refractivity contribution in [3.8, 4) is 5.75 Å². The molecule has 1 heterocycles. The van der Waals surface area contributed by atoms with Crippen LogP contribution in [0, 0.1) is 13.8 Å². The molecule has 0 aliphatic heterocycles. The van der Waals surface area contributed by atoms with Crippen LogP contribution >= 0.6 is 11.3 Å². The Morgan fingerprint density at radius 1 is 1.24 bits per heavy atom. The molecule has 0 spiro atoms. The van der Waals surface area contributed by atoms with Gasteiger partial charge in [0.25, 0.3) is 11.8 Å². The first-order chi connectivity index (χ1) is 9.95. The summed E-state index contributed by atoms with van der Waals surface area (Å²) in [5.74, 6) is -0.146. The first kappa shape index (κ1) is 15.1. The summed E-state index contributed by atoms with van der Waals surface area (Å²) < 4.78 is 5.15. The second kappa shape index (κ2) is 6.41. The van der Waals surface area contributed by atoms with Crippen LogP contribution in [0.4, 0.5) is 5.69 Å². The van der Waals surface area contributed by atoms with Crippen LogP contribution in [-0.4, -0.2) is 18.4 Å². The van der Waals surface area contributed by atoms with E-state index in [9.17, 15) is 9.59 Å². The summed E-state index contributed by atoms with van der Waals surface area (Å²) >= 11 is 1.60. The van der Waals surface area contributed by atoms with E-state index in [1.807, 2.05) is 19.9 Å². The fraction of sp³-hybridized carbons (Fsp3) is 0.200. The fourth-order valence-corrected chi connectivity index (χ4v) is 2.76. The molecule has 0 unspecified atom stereocenters. The molecule has 0 aliphatic rings. The Morgan fingerprint density at radius 2 is 1.90 bits per heavy atom. The average Bonchev–Trinajstić information content (AvgIpc) is 2.77. The Balaban J connectivity index is 2.01. The van der Waals surface area contributed by atoms with Crippen molar-refractivity contribution in [3.63, 3.8) is 0 Å². The van der Waals surface area contributed by atoms with Crippen LogP contribution in [-0.2, 0) is 4.79 Å². The molecular formula is C15H16N2O3S. The molecule has 0 aliphatic carbocycles. The standard InChI is InChI=1S/C15H16N2O3S/c1-9-7-13(10(2)21-9)15(19)17-11-3-5-12(6-4-11)20-8-14(16)18/h3-7H,8H2,1-2H3,(H2,16,18)(H,17,19). The van der Waals surface area contributed by atoms with Crippen LogP contribution < -0.4 is 15.8 Å². The number of nitrogens with two attached hydrogens (primary N) is 1. The quantitative estimate of drug-likeness (QED) is 0.890. The largest absolute Gasteiger partial charge is 0.484 e. The lowest BCUT2D eigenvalue weighted by Gasteiger charge is -2.07. The number of aryl methyl sites for hydroxylation is 2. The first-order valence-electron chi connectivity index (χ1n) is 6.35. The van der Waals surface area contributed by atoms with E-state index in [4.69, 9.17) is 10.5 Å². The smallest absolute Gasteiger partial charge is 0.256 e. The van der Waals surface area contributed by atoms with Crippen LogP contribution in [0.2, 0.25) is 0 Å². The number of carbonyl (C=O) groups is 2. The molecule has 0 fully saturated rings. The van der Waals surface area contributed by atoms with E-state index < -0.39 is 5.91 Å². The highest BCUT2D eigenvalue weighted by atomic mass is 32.1. The number of anilines is 1. The van der Waals surface area contributed by atoms with Gasteiger partial charge in [0.05, 0.1) is 5.56 Å². The molecule has 6 heteroatoms. The number of primary amides is 1. The normalized spacial score (nSPS) is 10.2. The van der Waals surface area contributed by atoms with E-state index in [1.54, 1.807) is 35.6 Å². The van der Waals surface area contributed by atoms with Crippen molar-refractivity contribution in [1.29, 1.82) is 0 Å². The summed E-state index contributed by atoms with van der Waals surface area (Å²) in [6.07, 6.45) is 0. The lowest BCUT2D eigenvalue weighted by Crippen LogP contribution is -2.20. The summed E-state index contributed by atoms with van der Waals surface area (Å²) in [6.45, 7) is 3.73. The first-order valence-corrected chi connectivity index (χ1v) is 7.17. The second-order valence-corrected chi connectivity index (χ2v) is 6.02. The Hall–Kier alpha value is -2.34. The molecule has 5 nitrogen and oxygen atoms in total. The maximum Gasteiger partial charge on any atom is 0.256 e.